The number of halogens is 1. The molecule has 0 saturated heterocycles. The van der Waals surface area contributed by atoms with Crippen molar-refractivity contribution in [2.24, 2.45) is 5.92 Å². The second kappa shape index (κ2) is 7.07. The fourth-order valence-electron chi connectivity index (χ4n) is 2.06. The van der Waals surface area contributed by atoms with Crippen molar-refractivity contribution in [1.82, 2.24) is 0 Å². The van der Waals surface area contributed by atoms with E-state index >= 15 is 0 Å². The Morgan fingerprint density at radius 1 is 1.22 bits per heavy atom. The third-order valence-corrected chi connectivity index (χ3v) is 4.48. The van der Waals surface area contributed by atoms with Gasteiger partial charge in [-0.1, -0.05) is 34.1 Å². The van der Waals surface area contributed by atoms with Gasteiger partial charge < -0.3 is 5.11 Å². The Bertz CT molecular complexity index is 467. The van der Waals surface area contributed by atoms with Gasteiger partial charge in [0.2, 0.25) is 0 Å². The largest absolute Gasteiger partial charge is 0.396 e. The van der Waals surface area contributed by atoms with Crippen LogP contribution in [0.4, 0.5) is 0 Å². The molecular weight excluding hydrogens is 308 g/mol. The molecule has 0 spiro atoms. The van der Waals surface area contributed by atoms with Crippen LogP contribution in [0.1, 0.15) is 16.9 Å². The molecule has 0 amide bonds. The van der Waals surface area contributed by atoms with Crippen LogP contribution in [0.25, 0.3) is 0 Å². The average Bonchev–Trinajstić information content (AvgIpc) is 2.87. The van der Waals surface area contributed by atoms with Gasteiger partial charge in [0.05, 0.1) is 0 Å². The quantitative estimate of drug-likeness (QED) is 0.840. The fourth-order valence-corrected chi connectivity index (χ4v) is 3.23. The van der Waals surface area contributed by atoms with E-state index in [1.54, 1.807) is 11.3 Å². The fraction of sp³-hybridized carbons (Fsp3) is 0.333. The standard InChI is InChI=1S/C15H17BrOS/c16-14-4-1-3-12(10-14)9-13(11-17)6-7-15-5-2-8-18-15/h1-5,8,10,13,17H,6-7,9,11H2. The summed E-state index contributed by atoms with van der Waals surface area (Å²) in [5.74, 6) is 0.349. The first-order chi connectivity index (χ1) is 8.78. The van der Waals surface area contributed by atoms with Crippen molar-refractivity contribution in [1.29, 1.82) is 0 Å². The molecule has 0 aliphatic rings. The first-order valence-corrected chi connectivity index (χ1v) is 7.83. The number of aliphatic hydroxyl groups is 1. The number of benzene rings is 1. The summed E-state index contributed by atoms with van der Waals surface area (Å²) in [5, 5.41) is 11.6. The van der Waals surface area contributed by atoms with Crippen LogP contribution in [0, 0.1) is 5.92 Å². The lowest BCUT2D eigenvalue weighted by Gasteiger charge is -2.13. The van der Waals surface area contributed by atoms with Crippen LogP contribution in [0.15, 0.2) is 46.3 Å². The van der Waals surface area contributed by atoms with E-state index in [9.17, 15) is 5.11 Å². The van der Waals surface area contributed by atoms with Crippen molar-refractivity contribution in [3.8, 4) is 0 Å². The summed E-state index contributed by atoms with van der Waals surface area (Å²) in [6, 6.07) is 12.6. The molecule has 0 fully saturated rings. The van der Waals surface area contributed by atoms with Crippen molar-refractivity contribution >= 4 is 27.3 Å². The van der Waals surface area contributed by atoms with Crippen molar-refractivity contribution in [2.75, 3.05) is 6.61 Å². The molecule has 1 aromatic carbocycles. The van der Waals surface area contributed by atoms with E-state index < -0.39 is 0 Å². The van der Waals surface area contributed by atoms with Gasteiger partial charge in [0.15, 0.2) is 0 Å². The molecule has 1 N–H and O–H groups in total. The Morgan fingerprint density at radius 2 is 2.11 bits per heavy atom. The van der Waals surface area contributed by atoms with E-state index in [1.807, 2.05) is 12.1 Å². The smallest absolute Gasteiger partial charge is 0.0462 e. The summed E-state index contributed by atoms with van der Waals surface area (Å²) >= 11 is 5.28. The van der Waals surface area contributed by atoms with Gasteiger partial charge in [0, 0.05) is 16.0 Å². The van der Waals surface area contributed by atoms with E-state index in [4.69, 9.17) is 0 Å². The Labute approximate surface area is 121 Å². The van der Waals surface area contributed by atoms with Crippen molar-refractivity contribution in [3.63, 3.8) is 0 Å². The predicted molar refractivity (Wildman–Crippen MR) is 81.1 cm³/mol. The van der Waals surface area contributed by atoms with Gasteiger partial charge in [-0.15, -0.1) is 11.3 Å². The molecule has 96 valence electrons. The van der Waals surface area contributed by atoms with E-state index in [-0.39, 0.29) is 6.61 Å². The van der Waals surface area contributed by atoms with Crippen LogP contribution in [-0.2, 0) is 12.8 Å². The van der Waals surface area contributed by atoms with Crippen LogP contribution in [0.2, 0.25) is 0 Å². The van der Waals surface area contributed by atoms with E-state index in [2.05, 4.69) is 45.6 Å². The maximum absolute atomic E-state index is 9.48. The highest BCUT2D eigenvalue weighted by Gasteiger charge is 2.09. The molecule has 0 bridgehead atoms. The Balaban J connectivity index is 1.89. The number of hydrogen-bond acceptors (Lipinski definition) is 2. The van der Waals surface area contributed by atoms with Crippen molar-refractivity contribution in [3.05, 3.63) is 56.7 Å². The minimum Gasteiger partial charge on any atom is -0.396 e. The molecule has 18 heavy (non-hydrogen) atoms. The zero-order valence-corrected chi connectivity index (χ0v) is 12.6. The minimum absolute atomic E-state index is 0.262. The third kappa shape index (κ3) is 4.23. The molecule has 0 aliphatic carbocycles. The summed E-state index contributed by atoms with van der Waals surface area (Å²) in [6.45, 7) is 0.262. The van der Waals surface area contributed by atoms with Gasteiger partial charge in [0.25, 0.3) is 0 Å². The molecule has 1 unspecified atom stereocenters. The summed E-state index contributed by atoms with van der Waals surface area (Å²) in [6.07, 6.45) is 3.06. The highest BCUT2D eigenvalue weighted by atomic mass is 79.9. The lowest BCUT2D eigenvalue weighted by atomic mass is 9.95. The number of thiophene rings is 1. The first kappa shape index (κ1) is 13.8. The summed E-state index contributed by atoms with van der Waals surface area (Å²) in [5.41, 5.74) is 1.29. The lowest BCUT2D eigenvalue weighted by molar-refractivity contribution is 0.218. The Hall–Kier alpha value is -0.640. The maximum Gasteiger partial charge on any atom is 0.0462 e. The molecule has 1 aromatic heterocycles. The lowest BCUT2D eigenvalue weighted by Crippen LogP contribution is -2.10. The van der Waals surface area contributed by atoms with Crippen LogP contribution >= 0.6 is 27.3 Å². The molecule has 0 saturated carbocycles. The molecule has 3 heteroatoms. The van der Waals surface area contributed by atoms with Crippen molar-refractivity contribution in [2.45, 2.75) is 19.3 Å². The molecule has 0 radical (unpaired) electrons. The number of aryl methyl sites for hydroxylation is 1. The molecule has 0 aliphatic heterocycles. The van der Waals surface area contributed by atoms with Gasteiger partial charge >= 0.3 is 0 Å². The van der Waals surface area contributed by atoms with Crippen LogP contribution in [0.5, 0.6) is 0 Å². The highest BCUT2D eigenvalue weighted by Crippen LogP contribution is 2.19. The van der Waals surface area contributed by atoms with Crippen LogP contribution in [0.3, 0.4) is 0 Å². The van der Waals surface area contributed by atoms with Gasteiger partial charge in [-0.3, -0.25) is 0 Å². The molecule has 1 atom stereocenters. The van der Waals surface area contributed by atoms with Gasteiger partial charge in [0.1, 0.15) is 0 Å². The van der Waals surface area contributed by atoms with E-state index in [1.165, 1.54) is 10.4 Å². The monoisotopic (exact) mass is 324 g/mol. The number of rotatable bonds is 6. The SMILES string of the molecule is OCC(CCc1cccs1)Cc1cccc(Br)c1. The highest BCUT2D eigenvalue weighted by molar-refractivity contribution is 9.10. The Morgan fingerprint density at radius 3 is 2.78 bits per heavy atom. The van der Waals surface area contributed by atoms with Gasteiger partial charge in [-0.25, -0.2) is 0 Å². The summed E-state index contributed by atoms with van der Waals surface area (Å²) < 4.78 is 1.11. The topological polar surface area (TPSA) is 20.2 Å². The molecular formula is C15H17BrOS. The molecule has 2 aromatic rings. The Kier molecular flexibility index (Phi) is 5.42. The number of aliphatic hydroxyl groups excluding tert-OH is 1. The van der Waals surface area contributed by atoms with Gasteiger partial charge in [-0.05, 0) is 54.3 Å². The summed E-state index contributed by atoms with van der Waals surface area (Å²) in [4.78, 5) is 1.41. The summed E-state index contributed by atoms with van der Waals surface area (Å²) in [7, 11) is 0. The van der Waals surface area contributed by atoms with Crippen molar-refractivity contribution < 1.29 is 5.11 Å². The average molecular weight is 325 g/mol. The van der Waals surface area contributed by atoms with E-state index in [0.29, 0.717) is 5.92 Å². The number of hydrogen-bond donors (Lipinski definition) is 1. The normalized spacial score (nSPS) is 12.6. The molecule has 1 heterocycles. The minimum atomic E-state index is 0.262. The molecule has 2 rings (SSSR count). The zero-order valence-electron chi connectivity index (χ0n) is 10.2. The second-order valence-electron chi connectivity index (χ2n) is 4.50. The van der Waals surface area contributed by atoms with Crippen LogP contribution in [-0.4, -0.2) is 11.7 Å². The third-order valence-electron chi connectivity index (χ3n) is 3.05. The first-order valence-electron chi connectivity index (χ1n) is 6.15. The predicted octanol–water partition coefficient (Wildman–Crippen LogP) is 4.29. The zero-order chi connectivity index (χ0) is 12.8. The van der Waals surface area contributed by atoms with Crippen LogP contribution < -0.4 is 0 Å². The molecule has 1 nitrogen and oxygen atoms in total. The maximum atomic E-state index is 9.48. The van der Waals surface area contributed by atoms with Gasteiger partial charge in [-0.2, -0.15) is 0 Å². The second-order valence-corrected chi connectivity index (χ2v) is 6.45. The van der Waals surface area contributed by atoms with E-state index in [0.717, 1.165) is 23.7 Å².